The summed E-state index contributed by atoms with van der Waals surface area (Å²) in [6.45, 7) is 5.13. The summed E-state index contributed by atoms with van der Waals surface area (Å²) >= 11 is 0. The van der Waals surface area contributed by atoms with E-state index in [2.05, 4.69) is 5.32 Å². The number of nitrogens with one attached hydrogen (secondary N) is 1. The van der Waals surface area contributed by atoms with Crippen molar-refractivity contribution in [2.24, 2.45) is 5.92 Å². The molecule has 116 valence electrons. The van der Waals surface area contributed by atoms with Crippen molar-refractivity contribution >= 4 is 5.91 Å². The first-order chi connectivity index (χ1) is 10.0. The van der Waals surface area contributed by atoms with E-state index in [0.717, 1.165) is 19.4 Å². The summed E-state index contributed by atoms with van der Waals surface area (Å²) in [4.78, 5) is 14.1. The van der Waals surface area contributed by atoms with Crippen LogP contribution < -0.4 is 5.32 Å². The fourth-order valence-corrected chi connectivity index (χ4v) is 2.83. The van der Waals surface area contributed by atoms with Crippen LogP contribution in [-0.4, -0.2) is 29.9 Å². The Hall–Kier alpha value is -1.49. The van der Waals surface area contributed by atoms with Gasteiger partial charge in [-0.15, -0.1) is 0 Å². The third-order valence-corrected chi connectivity index (χ3v) is 4.08. The Morgan fingerprint density at radius 2 is 2.05 bits per heavy atom. The van der Waals surface area contributed by atoms with Crippen LogP contribution in [0.5, 0.6) is 0 Å². The first-order valence-electron chi connectivity index (χ1n) is 7.48. The molecule has 1 aromatic carbocycles. The highest BCUT2D eigenvalue weighted by Gasteiger charge is 2.28. The van der Waals surface area contributed by atoms with Crippen LogP contribution in [0.3, 0.4) is 0 Å². The normalized spacial score (nSPS) is 22.1. The smallest absolute Gasteiger partial charge is 0.226 e. The highest BCUT2D eigenvalue weighted by atomic mass is 19.1. The Morgan fingerprint density at radius 1 is 1.38 bits per heavy atom. The maximum Gasteiger partial charge on any atom is 0.226 e. The number of benzene rings is 1. The van der Waals surface area contributed by atoms with Crippen LogP contribution in [0.1, 0.15) is 32.3 Å². The SMILES string of the molecule is CCN(Cc1c(F)cccc1F)C(=O)[C@H]1CCN[C@@H](C)C1. The van der Waals surface area contributed by atoms with E-state index in [1.807, 2.05) is 13.8 Å². The standard InChI is InChI=1S/C16H22F2N2O/c1-3-20(10-13-14(17)5-4-6-15(13)18)16(21)12-7-8-19-11(2)9-12/h4-6,11-12,19H,3,7-10H2,1-2H3/t11-,12-/m0/s1. The molecular weight excluding hydrogens is 274 g/mol. The van der Waals surface area contributed by atoms with Crippen molar-refractivity contribution in [3.63, 3.8) is 0 Å². The molecule has 2 rings (SSSR count). The summed E-state index contributed by atoms with van der Waals surface area (Å²) in [6.07, 6.45) is 1.55. The predicted molar refractivity (Wildman–Crippen MR) is 77.6 cm³/mol. The molecule has 5 heteroatoms. The monoisotopic (exact) mass is 296 g/mol. The zero-order valence-electron chi connectivity index (χ0n) is 12.5. The number of hydrogen-bond donors (Lipinski definition) is 1. The van der Waals surface area contributed by atoms with Crippen molar-refractivity contribution < 1.29 is 13.6 Å². The molecule has 1 N–H and O–H groups in total. The van der Waals surface area contributed by atoms with Gasteiger partial charge < -0.3 is 10.2 Å². The maximum absolute atomic E-state index is 13.7. The van der Waals surface area contributed by atoms with Gasteiger partial charge in [0.15, 0.2) is 0 Å². The quantitative estimate of drug-likeness (QED) is 0.926. The van der Waals surface area contributed by atoms with E-state index in [1.54, 1.807) is 4.90 Å². The number of nitrogens with zero attached hydrogens (tertiary/aromatic N) is 1. The molecule has 0 saturated carbocycles. The number of hydrogen-bond acceptors (Lipinski definition) is 2. The van der Waals surface area contributed by atoms with Crippen LogP contribution >= 0.6 is 0 Å². The Bertz CT molecular complexity index is 487. The van der Waals surface area contributed by atoms with Crippen molar-refractivity contribution in [1.82, 2.24) is 10.2 Å². The lowest BCUT2D eigenvalue weighted by molar-refractivity contribution is -0.137. The number of amides is 1. The molecule has 1 fully saturated rings. The highest BCUT2D eigenvalue weighted by Crippen LogP contribution is 2.21. The molecule has 0 unspecified atom stereocenters. The summed E-state index contributed by atoms with van der Waals surface area (Å²) in [5.74, 6) is -1.26. The topological polar surface area (TPSA) is 32.3 Å². The van der Waals surface area contributed by atoms with Gasteiger partial charge in [0.25, 0.3) is 0 Å². The van der Waals surface area contributed by atoms with E-state index in [1.165, 1.54) is 18.2 Å². The number of piperidine rings is 1. The van der Waals surface area contributed by atoms with Gasteiger partial charge in [0.2, 0.25) is 5.91 Å². The van der Waals surface area contributed by atoms with Crippen LogP contribution in [0.2, 0.25) is 0 Å². The molecule has 0 bridgehead atoms. The Labute approximate surface area is 124 Å². The highest BCUT2D eigenvalue weighted by molar-refractivity contribution is 5.79. The summed E-state index contributed by atoms with van der Waals surface area (Å²) in [6, 6.07) is 4.09. The van der Waals surface area contributed by atoms with Gasteiger partial charge >= 0.3 is 0 Å². The van der Waals surface area contributed by atoms with Gasteiger partial charge in [0.05, 0.1) is 6.54 Å². The second-order valence-corrected chi connectivity index (χ2v) is 5.63. The van der Waals surface area contributed by atoms with E-state index in [0.29, 0.717) is 12.6 Å². The fraction of sp³-hybridized carbons (Fsp3) is 0.562. The van der Waals surface area contributed by atoms with Crippen LogP contribution in [-0.2, 0) is 11.3 Å². The van der Waals surface area contributed by atoms with Crippen molar-refractivity contribution in [1.29, 1.82) is 0 Å². The summed E-state index contributed by atoms with van der Waals surface area (Å²) in [5, 5.41) is 3.30. The minimum absolute atomic E-state index is 0.00602. The van der Waals surface area contributed by atoms with Crippen molar-refractivity contribution in [2.75, 3.05) is 13.1 Å². The first-order valence-corrected chi connectivity index (χ1v) is 7.48. The van der Waals surface area contributed by atoms with Crippen molar-refractivity contribution in [2.45, 2.75) is 39.3 Å². The average Bonchev–Trinajstić information content (AvgIpc) is 2.46. The van der Waals surface area contributed by atoms with Gasteiger partial charge in [-0.25, -0.2) is 8.78 Å². The molecule has 21 heavy (non-hydrogen) atoms. The lowest BCUT2D eigenvalue weighted by atomic mass is 9.92. The summed E-state index contributed by atoms with van der Waals surface area (Å²) in [7, 11) is 0. The molecule has 1 aliphatic rings. The Morgan fingerprint density at radius 3 is 2.62 bits per heavy atom. The van der Waals surface area contributed by atoms with Crippen molar-refractivity contribution in [3.8, 4) is 0 Å². The molecule has 0 radical (unpaired) electrons. The summed E-state index contributed by atoms with van der Waals surface area (Å²) in [5.41, 5.74) is -0.0327. The zero-order chi connectivity index (χ0) is 15.4. The van der Waals surface area contributed by atoms with E-state index in [4.69, 9.17) is 0 Å². The Kier molecular flexibility index (Phi) is 5.28. The Balaban J connectivity index is 2.10. The molecular formula is C16H22F2N2O. The molecule has 1 aromatic rings. The number of carbonyl (C=O) groups excluding carboxylic acids is 1. The lowest BCUT2D eigenvalue weighted by Crippen LogP contribution is -2.44. The molecule has 1 saturated heterocycles. The van der Waals surface area contributed by atoms with Crippen LogP contribution in [0.4, 0.5) is 8.78 Å². The summed E-state index contributed by atoms with van der Waals surface area (Å²) < 4.78 is 27.5. The number of halogens is 2. The minimum atomic E-state index is -0.597. The largest absolute Gasteiger partial charge is 0.338 e. The fourth-order valence-electron chi connectivity index (χ4n) is 2.83. The van der Waals surface area contributed by atoms with Crippen molar-refractivity contribution in [3.05, 3.63) is 35.4 Å². The molecule has 1 aliphatic heterocycles. The van der Waals surface area contributed by atoms with Crippen LogP contribution in [0, 0.1) is 17.6 Å². The van der Waals surface area contributed by atoms with Gasteiger partial charge in [-0.1, -0.05) is 6.07 Å². The molecule has 0 aromatic heterocycles. The molecule has 1 heterocycles. The van der Waals surface area contributed by atoms with E-state index in [9.17, 15) is 13.6 Å². The minimum Gasteiger partial charge on any atom is -0.338 e. The van der Waals surface area contributed by atoms with Crippen LogP contribution in [0.15, 0.2) is 18.2 Å². The van der Waals surface area contributed by atoms with E-state index in [-0.39, 0.29) is 23.9 Å². The second kappa shape index (κ2) is 6.98. The second-order valence-electron chi connectivity index (χ2n) is 5.63. The van der Waals surface area contributed by atoms with Gasteiger partial charge in [-0.05, 0) is 45.4 Å². The molecule has 2 atom stereocenters. The molecule has 1 amide bonds. The number of carbonyl (C=O) groups is 1. The maximum atomic E-state index is 13.7. The van der Waals surface area contributed by atoms with Gasteiger partial charge in [0.1, 0.15) is 11.6 Å². The van der Waals surface area contributed by atoms with E-state index >= 15 is 0 Å². The third kappa shape index (κ3) is 3.79. The van der Waals surface area contributed by atoms with Gasteiger partial charge in [-0.3, -0.25) is 4.79 Å². The average molecular weight is 296 g/mol. The van der Waals surface area contributed by atoms with Crippen LogP contribution in [0.25, 0.3) is 0 Å². The predicted octanol–water partition coefficient (Wildman–Crippen LogP) is 2.70. The van der Waals surface area contributed by atoms with Gasteiger partial charge in [-0.2, -0.15) is 0 Å². The molecule has 3 nitrogen and oxygen atoms in total. The molecule has 0 aliphatic carbocycles. The zero-order valence-corrected chi connectivity index (χ0v) is 12.5. The number of rotatable bonds is 4. The third-order valence-electron chi connectivity index (χ3n) is 4.08. The first kappa shape index (κ1) is 15.9. The van der Waals surface area contributed by atoms with Gasteiger partial charge in [0, 0.05) is 24.1 Å². The van der Waals surface area contributed by atoms with E-state index < -0.39 is 11.6 Å². The lowest BCUT2D eigenvalue weighted by Gasteiger charge is -2.31. The molecule has 0 spiro atoms.